The Balaban J connectivity index is 1.79. The van der Waals surface area contributed by atoms with Crippen molar-refractivity contribution in [3.8, 4) is 0 Å². The van der Waals surface area contributed by atoms with Crippen LogP contribution in [0.25, 0.3) is 0 Å². The largest absolute Gasteiger partial charge is 0.478 e. The molecule has 0 aromatic heterocycles. The smallest absolute Gasteiger partial charge is 0.335 e. The molecule has 0 saturated carbocycles. The number of carbonyl (C=O) groups is 1. The second-order valence-corrected chi connectivity index (χ2v) is 8.20. The van der Waals surface area contributed by atoms with Gasteiger partial charge in [0, 0.05) is 25.5 Å². The highest BCUT2D eigenvalue weighted by atomic mass is 16.5. The minimum Gasteiger partial charge on any atom is -0.478 e. The first-order chi connectivity index (χ1) is 13.5. The van der Waals surface area contributed by atoms with Gasteiger partial charge in [0.05, 0.1) is 12.2 Å². The molecule has 0 spiro atoms. The lowest BCUT2D eigenvalue weighted by atomic mass is 9.78. The van der Waals surface area contributed by atoms with E-state index in [1.165, 1.54) is 34.2 Å². The summed E-state index contributed by atoms with van der Waals surface area (Å²) in [5, 5.41) is 9.24. The first-order valence-corrected chi connectivity index (χ1v) is 10.2. The van der Waals surface area contributed by atoms with E-state index in [1.54, 1.807) is 19.2 Å². The summed E-state index contributed by atoms with van der Waals surface area (Å²) in [7, 11) is 1.75. The molecule has 1 heterocycles. The average Bonchev–Trinajstić information content (AvgIpc) is 3.01. The van der Waals surface area contributed by atoms with Crippen molar-refractivity contribution >= 4 is 5.97 Å². The molecule has 2 aromatic carbocycles. The lowest BCUT2D eigenvalue weighted by molar-refractivity contribution is 0.0697. The van der Waals surface area contributed by atoms with Crippen molar-refractivity contribution in [2.45, 2.75) is 38.7 Å². The molecule has 2 aromatic rings. The standard InChI is InChI=1S/C24H29NO3/c1-4-25-10-9-19-22(13-25)20-12-18(14-28-3)15(2)11-21(20)23(19)16-5-7-17(8-6-16)24(26)27/h5-8,11-12,19,22-23H,4,9-10,13-14H2,1-3H3,(H,26,27)/t19-,22+,23+/m1/s1. The van der Waals surface area contributed by atoms with Crippen molar-refractivity contribution in [2.24, 2.45) is 5.92 Å². The van der Waals surface area contributed by atoms with Gasteiger partial charge in [-0.05, 0) is 72.3 Å². The van der Waals surface area contributed by atoms with Crippen molar-refractivity contribution in [1.29, 1.82) is 0 Å². The molecular weight excluding hydrogens is 350 g/mol. The van der Waals surface area contributed by atoms with E-state index < -0.39 is 5.97 Å². The molecule has 148 valence electrons. The number of fused-ring (bicyclic) bond motifs is 3. The normalized spacial score (nSPS) is 24.0. The van der Waals surface area contributed by atoms with Crippen LogP contribution in [0.4, 0.5) is 0 Å². The fourth-order valence-corrected chi connectivity index (χ4v) is 5.24. The number of ether oxygens (including phenoxy) is 1. The summed E-state index contributed by atoms with van der Waals surface area (Å²) in [5.74, 6) is 0.583. The van der Waals surface area contributed by atoms with Crippen LogP contribution in [0.3, 0.4) is 0 Å². The molecule has 4 heteroatoms. The van der Waals surface area contributed by atoms with E-state index in [4.69, 9.17) is 4.74 Å². The molecule has 0 bridgehead atoms. The Labute approximate surface area is 167 Å². The number of nitrogens with zero attached hydrogens (tertiary/aromatic N) is 1. The number of rotatable bonds is 5. The molecular formula is C24H29NO3. The lowest BCUT2D eigenvalue weighted by Crippen LogP contribution is -2.38. The molecule has 0 amide bonds. The number of carboxylic acids is 1. The second-order valence-electron chi connectivity index (χ2n) is 8.20. The van der Waals surface area contributed by atoms with Gasteiger partial charge in [-0.1, -0.05) is 31.2 Å². The topological polar surface area (TPSA) is 49.8 Å². The Hall–Kier alpha value is -2.17. The molecule has 0 radical (unpaired) electrons. The summed E-state index contributed by atoms with van der Waals surface area (Å²) >= 11 is 0. The van der Waals surface area contributed by atoms with E-state index in [0.29, 0.717) is 29.9 Å². The first-order valence-electron chi connectivity index (χ1n) is 10.2. The van der Waals surface area contributed by atoms with Gasteiger partial charge < -0.3 is 14.7 Å². The highest BCUT2D eigenvalue weighted by molar-refractivity contribution is 5.87. The van der Waals surface area contributed by atoms with Gasteiger partial charge in [-0.3, -0.25) is 0 Å². The Morgan fingerprint density at radius 3 is 2.61 bits per heavy atom. The molecule has 3 atom stereocenters. The Kier molecular flexibility index (Phi) is 5.26. The third kappa shape index (κ3) is 3.25. The number of methoxy groups -OCH3 is 1. The van der Waals surface area contributed by atoms with E-state index in [9.17, 15) is 9.90 Å². The van der Waals surface area contributed by atoms with Crippen molar-refractivity contribution < 1.29 is 14.6 Å². The van der Waals surface area contributed by atoms with Crippen LogP contribution >= 0.6 is 0 Å². The quantitative estimate of drug-likeness (QED) is 0.836. The van der Waals surface area contributed by atoms with Gasteiger partial charge in [-0.15, -0.1) is 0 Å². The van der Waals surface area contributed by atoms with E-state index in [-0.39, 0.29) is 0 Å². The average molecular weight is 380 g/mol. The minimum absolute atomic E-state index is 0.345. The zero-order valence-electron chi connectivity index (χ0n) is 16.9. The Bertz CT molecular complexity index is 874. The second kappa shape index (κ2) is 7.69. The van der Waals surface area contributed by atoms with Gasteiger partial charge in [0.2, 0.25) is 0 Å². The van der Waals surface area contributed by atoms with Crippen LogP contribution in [0.1, 0.15) is 63.4 Å². The monoisotopic (exact) mass is 379 g/mol. The highest BCUT2D eigenvalue weighted by Gasteiger charge is 2.44. The molecule has 1 aliphatic carbocycles. The summed E-state index contributed by atoms with van der Waals surface area (Å²) in [5.41, 5.74) is 7.03. The van der Waals surface area contributed by atoms with Gasteiger partial charge in [0.15, 0.2) is 0 Å². The molecule has 0 unspecified atom stereocenters. The minimum atomic E-state index is -0.868. The number of hydrogen-bond donors (Lipinski definition) is 1. The summed E-state index contributed by atoms with van der Waals surface area (Å²) < 4.78 is 5.43. The Morgan fingerprint density at radius 1 is 1.21 bits per heavy atom. The first kappa shape index (κ1) is 19.2. The fourth-order valence-electron chi connectivity index (χ4n) is 5.24. The van der Waals surface area contributed by atoms with Crippen LogP contribution in [0, 0.1) is 12.8 Å². The number of hydrogen-bond acceptors (Lipinski definition) is 3. The van der Waals surface area contributed by atoms with Crippen LogP contribution in [0.5, 0.6) is 0 Å². The SMILES string of the molecule is CCN1CC[C@H]2[C@H](c3ccc(C(=O)O)cc3)c3cc(C)c(COC)cc3[C@H]2C1. The predicted molar refractivity (Wildman–Crippen MR) is 110 cm³/mol. The number of aryl methyl sites for hydroxylation is 1. The van der Waals surface area contributed by atoms with E-state index in [0.717, 1.165) is 19.6 Å². The van der Waals surface area contributed by atoms with Crippen molar-refractivity contribution in [3.05, 3.63) is 69.8 Å². The van der Waals surface area contributed by atoms with Gasteiger partial charge in [0.25, 0.3) is 0 Å². The maximum atomic E-state index is 11.3. The molecule has 1 aliphatic heterocycles. The number of carboxylic acid groups (broad SMARTS) is 1. The van der Waals surface area contributed by atoms with E-state index >= 15 is 0 Å². The molecule has 1 N–H and O–H groups in total. The van der Waals surface area contributed by atoms with Crippen LogP contribution in [-0.4, -0.2) is 42.7 Å². The van der Waals surface area contributed by atoms with Crippen LogP contribution in [-0.2, 0) is 11.3 Å². The van der Waals surface area contributed by atoms with Crippen LogP contribution in [0.2, 0.25) is 0 Å². The number of likely N-dealkylation sites (tertiary alicyclic amines) is 1. The number of likely N-dealkylation sites (N-methyl/N-ethyl adjacent to an activating group) is 1. The molecule has 2 aliphatic rings. The van der Waals surface area contributed by atoms with Gasteiger partial charge >= 0.3 is 5.97 Å². The fraction of sp³-hybridized carbons (Fsp3) is 0.458. The molecule has 4 rings (SSSR count). The van der Waals surface area contributed by atoms with E-state index in [1.807, 2.05) is 12.1 Å². The molecule has 1 saturated heterocycles. The van der Waals surface area contributed by atoms with Crippen LogP contribution < -0.4 is 0 Å². The number of piperidine rings is 1. The third-order valence-corrected chi connectivity index (χ3v) is 6.72. The van der Waals surface area contributed by atoms with Crippen molar-refractivity contribution in [1.82, 2.24) is 4.90 Å². The maximum absolute atomic E-state index is 11.3. The van der Waals surface area contributed by atoms with Crippen molar-refractivity contribution in [3.63, 3.8) is 0 Å². The number of aromatic carboxylic acids is 1. The van der Waals surface area contributed by atoms with E-state index in [2.05, 4.69) is 30.9 Å². The summed E-state index contributed by atoms with van der Waals surface area (Å²) in [6, 6.07) is 12.3. The predicted octanol–water partition coefficient (Wildman–Crippen LogP) is 4.41. The third-order valence-electron chi connectivity index (χ3n) is 6.72. The zero-order chi connectivity index (χ0) is 19.8. The summed E-state index contributed by atoms with van der Waals surface area (Å²) in [6.45, 7) is 8.38. The van der Waals surface area contributed by atoms with Gasteiger partial charge in [0.1, 0.15) is 0 Å². The maximum Gasteiger partial charge on any atom is 0.335 e. The summed E-state index contributed by atoms with van der Waals surface area (Å²) in [6.07, 6.45) is 1.18. The number of benzene rings is 2. The lowest BCUT2D eigenvalue weighted by Gasteiger charge is -2.37. The van der Waals surface area contributed by atoms with Crippen molar-refractivity contribution in [2.75, 3.05) is 26.7 Å². The van der Waals surface area contributed by atoms with Crippen LogP contribution in [0.15, 0.2) is 36.4 Å². The molecule has 1 fully saturated rings. The molecule has 4 nitrogen and oxygen atoms in total. The molecule has 28 heavy (non-hydrogen) atoms. The summed E-state index contributed by atoms with van der Waals surface area (Å²) in [4.78, 5) is 13.8. The highest BCUT2D eigenvalue weighted by Crippen LogP contribution is 2.53. The van der Waals surface area contributed by atoms with Gasteiger partial charge in [-0.2, -0.15) is 0 Å². The van der Waals surface area contributed by atoms with Gasteiger partial charge in [-0.25, -0.2) is 4.79 Å². The zero-order valence-corrected chi connectivity index (χ0v) is 16.9. The Morgan fingerprint density at radius 2 is 1.96 bits per heavy atom.